The minimum atomic E-state index is 0.461. The van der Waals surface area contributed by atoms with Crippen LogP contribution < -0.4 is 25.3 Å². The first-order valence-electron chi connectivity index (χ1n) is 6.53. The molecule has 3 N–H and O–H groups in total. The number of nitrogens with zero attached hydrogens (tertiary/aromatic N) is 1. The van der Waals surface area contributed by atoms with Crippen LogP contribution in [0.2, 0.25) is 0 Å². The predicted molar refractivity (Wildman–Crippen MR) is 77.6 cm³/mol. The van der Waals surface area contributed by atoms with Crippen LogP contribution in [0, 0.1) is 0 Å². The third kappa shape index (κ3) is 3.46. The molecule has 20 heavy (non-hydrogen) atoms. The lowest BCUT2D eigenvalue weighted by molar-refractivity contribution is 0.324. The van der Waals surface area contributed by atoms with Crippen molar-refractivity contribution in [1.29, 1.82) is 0 Å². The summed E-state index contributed by atoms with van der Waals surface area (Å²) >= 11 is 0. The summed E-state index contributed by atoms with van der Waals surface area (Å²) < 4.78 is 15.9. The summed E-state index contributed by atoms with van der Waals surface area (Å²) in [7, 11) is 4.76. The second-order valence-electron chi connectivity index (χ2n) is 4.65. The number of nitrogens with two attached hydrogens (primary N) is 1. The maximum Gasteiger partial charge on any atom is 0.203 e. The van der Waals surface area contributed by atoms with Crippen LogP contribution in [0.25, 0.3) is 0 Å². The topological polar surface area (TPSA) is 78.1 Å². The lowest BCUT2D eigenvalue weighted by atomic mass is 10.2. The highest BCUT2D eigenvalue weighted by molar-refractivity contribution is 5.78. The van der Waals surface area contributed by atoms with Gasteiger partial charge in [-0.05, 0) is 30.5 Å². The number of rotatable bonds is 6. The molecule has 6 heteroatoms. The largest absolute Gasteiger partial charge is 0.493 e. The Morgan fingerprint density at radius 2 is 1.80 bits per heavy atom. The van der Waals surface area contributed by atoms with Crippen LogP contribution in [0.4, 0.5) is 0 Å². The zero-order chi connectivity index (χ0) is 14.5. The fourth-order valence-corrected chi connectivity index (χ4v) is 1.89. The summed E-state index contributed by atoms with van der Waals surface area (Å²) in [6.07, 6.45) is 2.33. The van der Waals surface area contributed by atoms with E-state index in [0.717, 1.165) is 5.56 Å². The molecule has 0 radical (unpaired) electrons. The van der Waals surface area contributed by atoms with Crippen molar-refractivity contribution in [2.24, 2.45) is 10.7 Å². The van der Waals surface area contributed by atoms with Gasteiger partial charge in [-0.1, -0.05) is 0 Å². The Bertz CT molecular complexity index is 473. The van der Waals surface area contributed by atoms with Crippen LogP contribution >= 0.6 is 0 Å². The molecule has 1 saturated carbocycles. The van der Waals surface area contributed by atoms with Crippen molar-refractivity contribution < 1.29 is 14.2 Å². The van der Waals surface area contributed by atoms with E-state index < -0.39 is 0 Å². The number of hydrogen-bond acceptors (Lipinski definition) is 4. The van der Waals surface area contributed by atoms with Gasteiger partial charge in [0.1, 0.15) is 0 Å². The molecule has 0 heterocycles. The van der Waals surface area contributed by atoms with Gasteiger partial charge < -0.3 is 25.3 Å². The van der Waals surface area contributed by atoms with Gasteiger partial charge in [0.15, 0.2) is 17.5 Å². The quantitative estimate of drug-likeness (QED) is 0.606. The van der Waals surface area contributed by atoms with Gasteiger partial charge in [0, 0.05) is 6.04 Å². The first-order valence-corrected chi connectivity index (χ1v) is 6.53. The third-order valence-corrected chi connectivity index (χ3v) is 3.09. The molecule has 0 aromatic heterocycles. The molecule has 0 bridgehead atoms. The van der Waals surface area contributed by atoms with Gasteiger partial charge >= 0.3 is 0 Å². The monoisotopic (exact) mass is 279 g/mol. The van der Waals surface area contributed by atoms with Gasteiger partial charge in [-0.3, -0.25) is 0 Å². The average molecular weight is 279 g/mol. The van der Waals surface area contributed by atoms with E-state index >= 15 is 0 Å². The zero-order valence-corrected chi connectivity index (χ0v) is 12.1. The number of methoxy groups -OCH3 is 3. The predicted octanol–water partition coefficient (Wildman–Crippen LogP) is 1.28. The Morgan fingerprint density at radius 1 is 1.20 bits per heavy atom. The maximum absolute atomic E-state index is 5.81. The van der Waals surface area contributed by atoms with Crippen molar-refractivity contribution in [3.63, 3.8) is 0 Å². The molecule has 0 spiro atoms. The van der Waals surface area contributed by atoms with Gasteiger partial charge in [-0.15, -0.1) is 0 Å². The van der Waals surface area contributed by atoms with Crippen molar-refractivity contribution in [3.8, 4) is 17.2 Å². The Hall–Kier alpha value is -2.11. The first-order chi connectivity index (χ1) is 9.67. The van der Waals surface area contributed by atoms with E-state index in [1.165, 1.54) is 12.8 Å². The normalized spacial score (nSPS) is 14.8. The molecule has 110 valence electrons. The lowest BCUT2D eigenvalue weighted by Crippen LogP contribution is -2.33. The van der Waals surface area contributed by atoms with Crippen molar-refractivity contribution in [2.45, 2.75) is 25.4 Å². The Kier molecular flexibility index (Phi) is 4.55. The van der Waals surface area contributed by atoms with Crippen LogP contribution in [0.15, 0.2) is 17.1 Å². The number of aliphatic imine (C=N–C) groups is 1. The lowest BCUT2D eigenvalue weighted by Gasteiger charge is -2.13. The molecule has 0 aliphatic heterocycles. The van der Waals surface area contributed by atoms with E-state index in [1.54, 1.807) is 21.3 Å². The van der Waals surface area contributed by atoms with Crippen LogP contribution in [-0.4, -0.2) is 33.3 Å². The summed E-state index contributed by atoms with van der Waals surface area (Å²) in [5, 5.41) is 3.14. The van der Waals surface area contributed by atoms with Crippen LogP contribution in [0.1, 0.15) is 18.4 Å². The third-order valence-electron chi connectivity index (χ3n) is 3.09. The molecule has 0 amide bonds. The average Bonchev–Trinajstić information content (AvgIpc) is 3.27. The minimum absolute atomic E-state index is 0.461. The van der Waals surface area contributed by atoms with Crippen molar-refractivity contribution in [1.82, 2.24) is 5.32 Å². The molecular formula is C14H21N3O3. The van der Waals surface area contributed by atoms with E-state index in [2.05, 4.69) is 10.3 Å². The molecule has 1 aliphatic carbocycles. The number of nitrogens with one attached hydrogen (secondary N) is 1. The van der Waals surface area contributed by atoms with E-state index in [0.29, 0.717) is 35.8 Å². The molecule has 2 rings (SSSR count). The SMILES string of the molecule is COc1cc(CN=C(N)NC2CC2)cc(OC)c1OC. The molecule has 0 saturated heterocycles. The molecule has 1 fully saturated rings. The Balaban J connectivity index is 2.14. The highest BCUT2D eigenvalue weighted by atomic mass is 16.5. The molecular weight excluding hydrogens is 258 g/mol. The molecule has 1 aromatic rings. The van der Waals surface area contributed by atoms with E-state index in [-0.39, 0.29) is 0 Å². The number of benzene rings is 1. The van der Waals surface area contributed by atoms with E-state index in [4.69, 9.17) is 19.9 Å². The van der Waals surface area contributed by atoms with Crippen molar-refractivity contribution >= 4 is 5.96 Å². The molecule has 6 nitrogen and oxygen atoms in total. The van der Waals surface area contributed by atoms with Gasteiger partial charge in [-0.2, -0.15) is 0 Å². The summed E-state index contributed by atoms with van der Waals surface area (Å²) in [6.45, 7) is 0.461. The fourth-order valence-electron chi connectivity index (χ4n) is 1.89. The highest BCUT2D eigenvalue weighted by Crippen LogP contribution is 2.38. The number of guanidine groups is 1. The minimum Gasteiger partial charge on any atom is -0.493 e. The van der Waals surface area contributed by atoms with Gasteiger partial charge in [0.2, 0.25) is 5.75 Å². The first kappa shape index (κ1) is 14.3. The molecule has 0 unspecified atom stereocenters. The maximum atomic E-state index is 5.81. The van der Waals surface area contributed by atoms with Crippen LogP contribution in [0.3, 0.4) is 0 Å². The molecule has 1 aromatic carbocycles. The van der Waals surface area contributed by atoms with Crippen LogP contribution in [0.5, 0.6) is 17.2 Å². The second kappa shape index (κ2) is 6.36. The van der Waals surface area contributed by atoms with Crippen molar-refractivity contribution in [3.05, 3.63) is 17.7 Å². The summed E-state index contributed by atoms with van der Waals surface area (Å²) in [5.74, 6) is 2.28. The number of ether oxygens (including phenoxy) is 3. The van der Waals surface area contributed by atoms with Gasteiger partial charge in [0.25, 0.3) is 0 Å². The second-order valence-corrected chi connectivity index (χ2v) is 4.65. The fraction of sp³-hybridized carbons (Fsp3) is 0.500. The van der Waals surface area contributed by atoms with E-state index in [9.17, 15) is 0 Å². The van der Waals surface area contributed by atoms with Gasteiger partial charge in [-0.25, -0.2) is 4.99 Å². The summed E-state index contributed by atoms with van der Waals surface area (Å²) in [6, 6.07) is 4.24. The van der Waals surface area contributed by atoms with Crippen molar-refractivity contribution in [2.75, 3.05) is 21.3 Å². The summed E-state index contributed by atoms with van der Waals surface area (Å²) in [4.78, 5) is 4.31. The highest BCUT2D eigenvalue weighted by Gasteiger charge is 2.21. The summed E-state index contributed by atoms with van der Waals surface area (Å²) in [5.41, 5.74) is 6.76. The van der Waals surface area contributed by atoms with Gasteiger partial charge in [0.05, 0.1) is 27.9 Å². The Labute approximate surface area is 118 Å². The Morgan fingerprint density at radius 3 is 2.25 bits per heavy atom. The van der Waals surface area contributed by atoms with E-state index in [1.807, 2.05) is 12.1 Å². The molecule has 0 atom stereocenters. The number of hydrogen-bond donors (Lipinski definition) is 2. The zero-order valence-electron chi connectivity index (χ0n) is 12.1. The molecule has 1 aliphatic rings. The van der Waals surface area contributed by atoms with Crippen LogP contribution in [-0.2, 0) is 6.54 Å². The standard InChI is InChI=1S/C14H21N3O3/c1-18-11-6-9(7-12(19-2)13(11)20-3)8-16-14(15)17-10-4-5-10/h6-7,10H,4-5,8H2,1-3H3,(H3,15,16,17). The smallest absolute Gasteiger partial charge is 0.203 e.